The molecule has 1 saturated heterocycles. The number of β-lactam (4-membered cyclic amide) rings is 1. The summed E-state index contributed by atoms with van der Waals surface area (Å²) in [5, 5.41) is -0.240. The highest BCUT2D eigenvalue weighted by Gasteiger charge is 2.52. The Balaban J connectivity index is 0.000000339. The predicted octanol–water partition coefficient (Wildman–Crippen LogP) is 5.26. The Morgan fingerprint density at radius 1 is 1.00 bits per heavy atom. The van der Waals surface area contributed by atoms with E-state index in [1.807, 2.05) is 67.6 Å². The first-order valence-electron chi connectivity index (χ1n) is 14.5. The number of rotatable bonds is 11. The molecule has 3 N–H and O–H groups in total. The van der Waals surface area contributed by atoms with Crippen molar-refractivity contribution in [3.63, 3.8) is 0 Å². The van der Waals surface area contributed by atoms with Gasteiger partial charge in [0.15, 0.2) is 6.10 Å². The van der Waals surface area contributed by atoms with Gasteiger partial charge in [0.1, 0.15) is 17.1 Å². The fraction of sp³-hybridized carbons (Fsp3) is 0.333. The molecule has 0 saturated carbocycles. The maximum atomic E-state index is 13.6. The van der Waals surface area contributed by atoms with Crippen LogP contribution in [-0.2, 0) is 29.2 Å². The number of carbonyl (C=O) groups is 2. The Morgan fingerprint density at radius 2 is 1.59 bits per heavy atom. The highest BCUT2D eigenvalue weighted by molar-refractivity contribution is 8.00. The van der Waals surface area contributed by atoms with Crippen LogP contribution in [0.3, 0.4) is 0 Å². The molecule has 2 heterocycles. The predicted molar refractivity (Wildman–Crippen MR) is 170 cm³/mol. The van der Waals surface area contributed by atoms with Crippen molar-refractivity contribution >= 4 is 33.8 Å². The van der Waals surface area contributed by atoms with Crippen molar-refractivity contribution in [3.05, 3.63) is 113 Å². The Hall–Kier alpha value is -3.48. The summed E-state index contributed by atoms with van der Waals surface area (Å²) in [5.74, 6) is -0.189. The molecule has 2 atom stereocenters. The number of nitrogens with two attached hydrogens (primary N) is 1. The van der Waals surface area contributed by atoms with E-state index in [-0.39, 0.29) is 21.9 Å². The Labute approximate surface area is 263 Å². The number of fused-ring (bicyclic) bond motifs is 1. The summed E-state index contributed by atoms with van der Waals surface area (Å²) in [5.41, 5.74) is 9.75. The summed E-state index contributed by atoms with van der Waals surface area (Å²) >= 11 is 1.57. The van der Waals surface area contributed by atoms with Crippen LogP contribution in [0.5, 0.6) is 0 Å². The van der Waals surface area contributed by atoms with Crippen LogP contribution in [0.2, 0.25) is 0 Å². The highest BCUT2D eigenvalue weighted by atomic mass is 32.2. The average Bonchev–Trinajstić information content (AvgIpc) is 3.03. The molecule has 2 aliphatic heterocycles. The summed E-state index contributed by atoms with van der Waals surface area (Å²) in [6, 6.07) is 24.6. The summed E-state index contributed by atoms with van der Waals surface area (Å²) in [7, 11) is -4.02. The lowest BCUT2D eigenvalue weighted by Gasteiger charge is -2.48. The van der Waals surface area contributed by atoms with Crippen molar-refractivity contribution in [1.82, 2.24) is 4.90 Å². The number of thioether (sulfide) groups is 1. The quantitative estimate of drug-likeness (QED) is 0.125. The summed E-state index contributed by atoms with van der Waals surface area (Å²) < 4.78 is 41.5. The Kier molecular flexibility index (Phi) is 11.8. The third-order valence-corrected chi connectivity index (χ3v) is 9.43. The van der Waals surface area contributed by atoms with Crippen molar-refractivity contribution < 1.29 is 32.0 Å². The van der Waals surface area contributed by atoms with Gasteiger partial charge in [0.05, 0.1) is 11.5 Å². The van der Waals surface area contributed by atoms with E-state index in [0.717, 1.165) is 41.5 Å². The van der Waals surface area contributed by atoms with Crippen LogP contribution < -0.4 is 5.73 Å². The second-order valence-corrected chi connectivity index (χ2v) is 13.1. The molecule has 3 aromatic carbocycles. The number of ether oxygens (including phenoxy) is 2. The number of esters is 1. The van der Waals surface area contributed by atoms with Crippen molar-refractivity contribution in [1.29, 1.82) is 0 Å². The van der Waals surface area contributed by atoms with Gasteiger partial charge in [-0.05, 0) is 42.2 Å². The molecule has 44 heavy (non-hydrogen) atoms. The topological polar surface area (TPSA) is 136 Å². The Morgan fingerprint density at radius 3 is 2.14 bits per heavy atom. The zero-order chi connectivity index (χ0) is 31.7. The third-order valence-electron chi connectivity index (χ3n) is 7.20. The van der Waals surface area contributed by atoms with Crippen LogP contribution in [-0.4, -0.2) is 60.1 Å². The second kappa shape index (κ2) is 15.5. The van der Waals surface area contributed by atoms with E-state index < -0.39 is 28.2 Å². The molecular formula is C33H38N2O7S2. The van der Waals surface area contributed by atoms with Crippen LogP contribution in [0, 0.1) is 6.92 Å². The van der Waals surface area contributed by atoms with Gasteiger partial charge in [-0.2, -0.15) is 8.42 Å². The number of nitrogens with zero attached hydrogens (tertiary/aromatic N) is 1. The maximum absolute atomic E-state index is 13.6. The summed E-state index contributed by atoms with van der Waals surface area (Å²) in [4.78, 5) is 27.6. The largest absolute Gasteiger partial charge is 0.448 e. The number of hydrogen-bond acceptors (Lipinski definition) is 8. The van der Waals surface area contributed by atoms with Crippen LogP contribution >= 0.6 is 11.8 Å². The van der Waals surface area contributed by atoms with E-state index in [1.165, 1.54) is 17.0 Å². The molecule has 0 aliphatic carbocycles. The van der Waals surface area contributed by atoms with Gasteiger partial charge in [0.25, 0.3) is 10.1 Å². The molecule has 0 radical (unpaired) electrons. The number of unbranched alkanes of at least 4 members (excludes halogenated alkanes) is 2. The normalized spacial score (nSPS) is 17.8. The average molecular weight is 639 g/mol. The van der Waals surface area contributed by atoms with E-state index in [0.29, 0.717) is 19.0 Å². The molecular weight excluding hydrogens is 601 g/mol. The molecule has 2 aliphatic rings. The molecule has 1 fully saturated rings. The van der Waals surface area contributed by atoms with Gasteiger partial charge in [0, 0.05) is 12.4 Å². The fourth-order valence-electron chi connectivity index (χ4n) is 4.79. The minimum absolute atomic E-state index is 0.0666. The van der Waals surface area contributed by atoms with Gasteiger partial charge < -0.3 is 15.2 Å². The minimum atomic E-state index is -4.02. The fourth-order valence-corrected chi connectivity index (χ4v) is 6.54. The minimum Gasteiger partial charge on any atom is -0.448 e. The first-order valence-corrected chi connectivity index (χ1v) is 17.0. The Bertz CT molecular complexity index is 1510. The first kappa shape index (κ1) is 33.4. The molecule has 1 amide bonds. The molecule has 11 heteroatoms. The number of hydrogen-bond donors (Lipinski definition) is 2. The van der Waals surface area contributed by atoms with Crippen molar-refractivity contribution in [2.24, 2.45) is 5.73 Å². The lowest BCUT2D eigenvalue weighted by Crippen LogP contribution is -2.68. The molecule has 0 unspecified atom stereocenters. The molecule has 0 bridgehead atoms. The molecule has 0 aromatic heterocycles. The van der Waals surface area contributed by atoms with Gasteiger partial charge in [-0.15, -0.1) is 11.8 Å². The molecule has 3 aromatic rings. The lowest BCUT2D eigenvalue weighted by atomic mass is 10.0. The maximum Gasteiger partial charge on any atom is 0.356 e. The highest BCUT2D eigenvalue weighted by Crippen LogP contribution is 2.40. The van der Waals surface area contributed by atoms with Crippen molar-refractivity contribution in [2.45, 2.75) is 55.5 Å². The summed E-state index contributed by atoms with van der Waals surface area (Å²) in [6.45, 7) is 4.91. The van der Waals surface area contributed by atoms with E-state index in [4.69, 9.17) is 19.8 Å². The van der Waals surface area contributed by atoms with Crippen molar-refractivity contribution in [2.75, 3.05) is 19.0 Å². The van der Waals surface area contributed by atoms with Gasteiger partial charge in [-0.1, -0.05) is 98.1 Å². The summed E-state index contributed by atoms with van der Waals surface area (Å²) in [6.07, 6.45) is 2.59. The van der Waals surface area contributed by atoms with Gasteiger partial charge in [-0.25, -0.2) is 4.79 Å². The lowest BCUT2D eigenvalue weighted by molar-refractivity contribution is -0.153. The number of carbonyl (C=O) groups excluding carboxylic acids is 2. The van der Waals surface area contributed by atoms with Crippen molar-refractivity contribution in [3.8, 4) is 0 Å². The number of aryl methyl sites for hydroxylation is 1. The van der Waals surface area contributed by atoms with Crippen LogP contribution in [0.4, 0.5) is 0 Å². The number of amides is 1. The van der Waals surface area contributed by atoms with E-state index in [1.54, 1.807) is 23.9 Å². The molecule has 234 valence electrons. The molecule has 0 spiro atoms. The smallest absolute Gasteiger partial charge is 0.356 e. The zero-order valence-electron chi connectivity index (χ0n) is 24.8. The van der Waals surface area contributed by atoms with E-state index in [9.17, 15) is 18.0 Å². The second-order valence-electron chi connectivity index (χ2n) is 10.5. The van der Waals surface area contributed by atoms with Crippen LogP contribution in [0.15, 0.2) is 101 Å². The van der Waals surface area contributed by atoms with Gasteiger partial charge >= 0.3 is 5.97 Å². The molecule has 9 nitrogen and oxygen atoms in total. The standard InChI is InChI=1S/C26H30N2O4S.C7H8O3S/c1-2-3-10-15-31-16-20-17-33-25-21(27)24(29)28(25)22(20)26(30)32-23(18-11-6-4-7-12-18)19-13-8-5-9-14-19;1-6-2-4-7(5-3-6)11(8,9)10/h4-9,11-14,21,23,25H,2-3,10,15-17,27H2,1H3;2-5H,1H3,(H,8,9,10)/t21-,25-;/m1./s1. The van der Waals surface area contributed by atoms with Gasteiger partial charge in [0.2, 0.25) is 5.91 Å². The third kappa shape index (κ3) is 8.36. The zero-order valence-corrected chi connectivity index (χ0v) is 26.4. The first-order chi connectivity index (χ1) is 21.1. The monoisotopic (exact) mass is 638 g/mol. The van der Waals surface area contributed by atoms with E-state index in [2.05, 4.69) is 6.92 Å². The number of benzene rings is 3. The van der Waals surface area contributed by atoms with E-state index >= 15 is 0 Å². The van der Waals surface area contributed by atoms with Crippen LogP contribution in [0.1, 0.15) is 49.0 Å². The van der Waals surface area contributed by atoms with Gasteiger partial charge in [-0.3, -0.25) is 14.2 Å². The SMILES string of the molecule is CCCCCOCC1=C(C(=O)OC(c2ccccc2)c2ccccc2)N2C(=O)[C@@H](N)[C@H]2SC1.Cc1ccc(S(=O)(=O)O)cc1. The van der Waals surface area contributed by atoms with Crippen LogP contribution in [0.25, 0.3) is 0 Å². The molecule has 5 rings (SSSR count).